The Kier molecular flexibility index (Phi) is 4.41. The van der Waals surface area contributed by atoms with E-state index < -0.39 is 0 Å². The molecule has 0 bridgehead atoms. The summed E-state index contributed by atoms with van der Waals surface area (Å²) in [6.07, 6.45) is 0. The van der Waals surface area contributed by atoms with Crippen LogP contribution in [-0.2, 0) is 0 Å². The van der Waals surface area contributed by atoms with Gasteiger partial charge in [0, 0.05) is 5.56 Å². The Morgan fingerprint density at radius 1 is 1.15 bits per heavy atom. The minimum Gasteiger partial charge on any atom is -0.492 e. The van der Waals surface area contributed by atoms with E-state index in [4.69, 9.17) is 4.74 Å². The summed E-state index contributed by atoms with van der Waals surface area (Å²) in [5.74, 6) is 0.572. The summed E-state index contributed by atoms with van der Waals surface area (Å²) in [6, 6.07) is 13.2. The number of benzene rings is 2. The second-order valence-corrected chi connectivity index (χ2v) is 4.70. The lowest BCUT2D eigenvalue weighted by Gasteiger charge is -2.12. The first kappa shape index (κ1) is 14.1. The zero-order valence-corrected chi connectivity index (χ0v) is 12.1. The van der Waals surface area contributed by atoms with E-state index in [2.05, 4.69) is 5.32 Å². The third kappa shape index (κ3) is 3.18. The van der Waals surface area contributed by atoms with Crippen molar-refractivity contribution in [2.24, 2.45) is 0 Å². The molecular weight excluding hydrogens is 250 g/mol. The number of rotatable bonds is 4. The predicted molar refractivity (Wildman–Crippen MR) is 81.5 cm³/mol. The van der Waals surface area contributed by atoms with Crippen LogP contribution in [0.25, 0.3) is 0 Å². The summed E-state index contributed by atoms with van der Waals surface area (Å²) in [4.78, 5) is 12.3. The highest BCUT2D eigenvalue weighted by Gasteiger charge is 2.11. The number of hydrogen-bond donors (Lipinski definition) is 1. The van der Waals surface area contributed by atoms with Gasteiger partial charge in [-0.05, 0) is 44.5 Å². The molecule has 0 atom stereocenters. The van der Waals surface area contributed by atoms with Gasteiger partial charge in [0.15, 0.2) is 0 Å². The molecule has 0 aliphatic heterocycles. The Hall–Kier alpha value is -2.29. The number of amides is 1. The standard InChI is InChI=1S/C17H19NO2/c1-4-20-16-8-6-5-7-15(16)18-17(19)14-10-9-12(2)11-13(14)3/h5-11H,4H2,1-3H3,(H,18,19). The van der Waals surface area contributed by atoms with Gasteiger partial charge in [-0.1, -0.05) is 29.8 Å². The van der Waals surface area contributed by atoms with E-state index in [0.29, 0.717) is 23.6 Å². The molecule has 0 aliphatic rings. The van der Waals surface area contributed by atoms with Crippen LogP contribution in [0.15, 0.2) is 42.5 Å². The van der Waals surface area contributed by atoms with Crippen LogP contribution < -0.4 is 10.1 Å². The molecule has 1 N–H and O–H groups in total. The number of aryl methyl sites for hydroxylation is 2. The van der Waals surface area contributed by atoms with E-state index >= 15 is 0 Å². The van der Waals surface area contributed by atoms with Crippen molar-refractivity contribution in [3.05, 3.63) is 59.2 Å². The number of carbonyl (C=O) groups excluding carboxylic acids is 1. The van der Waals surface area contributed by atoms with E-state index in [1.165, 1.54) is 0 Å². The van der Waals surface area contributed by atoms with Gasteiger partial charge in [-0.15, -0.1) is 0 Å². The summed E-state index contributed by atoms with van der Waals surface area (Å²) in [6.45, 7) is 6.44. The van der Waals surface area contributed by atoms with Crippen molar-refractivity contribution in [1.82, 2.24) is 0 Å². The number of para-hydroxylation sites is 2. The zero-order valence-electron chi connectivity index (χ0n) is 12.1. The maximum Gasteiger partial charge on any atom is 0.256 e. The minimum atomic E-state index is -0.116. The molecular formula is C17H19NO2. The molecule has 0 spiro atoms. The lowest BCUT2D eigenvalue weighted by molar-refractivity contribution is 0.102. The molecule has 0 fully saturated rings. The van der Waals surface area contributed by atoms with Crippen molar-refractivity contribution in [2.45, 2.75) is 20.8 Å². The maximum absolute atomic E-state index is 12.3. The van der Waals surface area contributed by atoms with E-state index in [9.17, 15) is 4.79 Å². The monoisotopic (exact) mass is 269 g/mol. The molecule has 0 aromatic heterocycles. The van der Waals surface area contributed by atoms with Crippen molar-refractivity contribution in [3.8, 4) is 5.75 Å². The topological polar surface area (TPSA) is 38.3 Å². The lowest BCUT2D eigenvalue weighted by atomic mass is 10.1. The molecule has 2 aromatic rings. The number of carbonyl (C=O) groups is 1. The van der Waals surface area contributed by atoms with E-state index in [1.54, 1.807) is 0 Å². The second kappa shape index (κ2) is 6.24. The number of nitrogens with one attached hydrogen (secondary N) is 1. The minimum absolute atomic E-state index is 0.116. The zero-order chi connectivity index (χ0) is 14.5. The Bertz CT molecular complexity index is 620. The molecule has 0 heterocycles. The van der Waals surface area contributed by atoms with Gasteiger partial charge in [0.05, 0.1) is 12.3 Å². The Labute approximate surface area is 119 Å². The van der Waals surface area contributed by atoms with Crippen LogP contribution in [0.2, 0.25) is 0 Å². The predicted octanol–water partition coefficient (Wildman–Crippen LogP) is 3.95. The number of anilines is 1. The van der Waals surface area contributed by atoms with Crippen LogP contribution in [0.4, 0.5) is 5.69 Å². The first-order valence-electron chi connectivity index (χ1n) is 6.72. The van der Waals surface area contributed by atoms with E-state index in [1.807, 2.05) is 63.2 Å². The SMILES string of the molecule is CCOc1ccccc1NC(=O)c1ccc(C)cc1C. The van der Waals surface area contributed by atoms with Crippen LogP contribution >= 0.6 is 0 Å². The molecule has 2 rings (SSSR count). The molecule has 0 saturated carbocycles. The molecule has 20 heavy (non-hydrogen) atoms. The fourth-order valence-corrected chi connectivity index (χ4v) is 2.11. The van der Waals surface area contributed by atoms with E-state index in [-0.39, 0.29) is 5.91 Å². The molecule has 0 aliphatic carbocycles. The molecule has 0 saturated heterocycles. The first-order valence-corrected chi connectivity index (χ1v) is 6.72. The van der Waals surface area contributed by atoms with Crippen molar-refractivity contribution >= 4 is 11.6 Å². The average molecular weight is 269 g/mol. The highest BCUT2D eigenvalue weighted by atomic mass is 16.5. The largest absolute Gasteiger partial charge is 0.492 e. The van der Waals surface area contributed by atoms with Crippen molar-refractivity contribution in [1.29, 1.82) is 0 Å². The third-order valence-electron chi connectivity index (χ3n) is 3.06. The fourth-order valence-electron chi connectivity index (χ4n) is 2.11. The normalized spacial score (nSPS) is 10.2. The molecule has 1 amide bonds. The Morgan fingerprint density at radius 2 is 1.90 bits per heavy atom. The Morgan fingerprint density at radius 3 is 2.60 bits per heavy atom. The highest BCUT2D eigenvalue weighted by Crippen LogP contribution is 2.24. The summed E-state index contributed by atoms with van der Waals surface area (Å²) < 4.78 is 5.51. The van der Waals surface area contributed by atoms with Crippen LogP contribution in [0.5, 0.6) is 5.75 Å². The molecule has 0 unspecified atom stereocenters. The second-order valence-electron chi connectivity index (χ2n) is 4.70. The number of hydrogen-bond acceptors (Lipinski definition) is 2. The number of ether oxygens (including phenoxy) is 1. The summed E-state index contributed by atoms with van der Waals surface area (Å²) in [7, 11) is 0. The van der Waals surface area contributed by atoms with Crippen LogP contribution in [0.3, 0.4) is 0 Å². The van der Waals surface area contributed by atoms with Gasteiger partial charge in [0.25, 0.3) is 5.91 Å². The fraction of sp³-hybridized carbons (Fsp3) is 0.235. The average Bonchev–Trinajstić information content (AvgIpc) is 2.41. The molecule has 2 aromatic carbocycles. The van der Waals surface area contributed by atoms with Gasteiger partial charge < -0.3 is 10.1 Å². The van der Waals surface area contributed by atoms with Gasteiger partial charge in [0.2, 0.25) is 0 Å². The van der Waals surface area contributed by atoms with Crippen LogP contribution in [0, 0.1) is 13.8 Å². The summed E-state index contributed by atoms with van der Waals surface area (Å²) >= 11 is 0. The summed E-state index contributed by atoms with van der Waals surface area (Å²) in [5.41, 5.74) is 3.49. The van der Waals surface area contributed by atoms with Crippen LogP contribution in [0.1, 0.15) is 28.4 Å². The molecule has 104 valence electrons. The van der Waals surface area contributed by atoms with E-state index in [0.717, 1.165) is 11.1 Å². The molecule has 3 heteroatoms. The molecule has 3 nitrogen and oxygen atoms in total. The molecule has 0 radical (unpaired) electrons. The van der Waals surface area contributed by atoms with Crippen molar-refractivity contribution in [2.75, 3.05) is 11.9 Å². The van der Waals surface area contributed by atoms with Crippen LogP contribution in [-0.4, -0.2) is 12.5 Å². The maximum atomic E-state index is 12.3. The van der Waals surface area contributed by atoms with Gasteiger partial charge >= 0.3 is 0 Å². The third-order valence-corrected chi connectivity index (χ3v) is 3.06. The van der Waals surface area contributed by atoms with Gasteiger partial charge in [-0.2, -0.15) is 0 Å². The first-order chi connectivity index (χ1) is 9.61. The van der Waals surface area contributed by atoms with Crippen molar-refractivity contribution < 1.29 is 9.53 Å². The summed E-state index contributed by atoms with van der Waals surface area (Å²) in [5, 5.41) is 2.91. The quantitative estimate of drug-likeness (QED) is 0.912. The highest BCUT2D eigenvalue weighted by molar-refractivity contribution is 6.06. The van der Waals surface area contributed by atoms with Gasteiger partial charge in [0.1, 0.15) is 5.75 Å². The smallest absolute Gasteiger partial charge is 0.256 e. The van der Waals surface area contributed by atoms with Gasteiger partial charge in [-0.3, -0.25) is 4.79 Å². The lowest BCUT2D eigenvalue weighted by Crippen LogP contribution is -2.14. The van der Waals surface area contributed by atoms with Gasteiger partial charge in [-0.25, -0.2) is 0 Å². The Balaban J connectivity index is 2.23. The van der Waals surface area contributed by atoms with Crippen molar-refractivity contribution in [3.63, 3.8) is 0 Å².